The monoisotopic (exact) mass is 451 g/mol. The molecule has 0 unspecified atom stereocenters. The Labute approximate surface area is 187 Å². The van der Waals surface area contributed by atoms with E-state index >= 15 is 0 Å². The normalized spacial score (nSPS) is 11.2. The standard InChI is InChI=1S/C22H21N5O6/c1-11-19(21(32)26-23-9-13-3-5-15(28)7-17(13)30)12(2)25-20(11)22(33)27-24-10-14-4-6-16(29)8-18(14)31/h3-10,25,28-31H,1-2H3,(H,26,32)(H,27,33)/b23-9-,24-10-. The van der Waals surface area contributed by atoms with Crippen molar-refractivity contribution in [3.63, 3.8) is 0 Å². The molecule has 11 nitrogen and oxygen atoms in total. The van der Waals surface area contributed by atoms with Crippen molar-refractivity contribution in [1.29, 1.82) is 0 Å². The first-order valence-corrected chi connectivity index (χ1v) is 9.57. The summed E-state index contributed by atoms with van der Waals surface area (Å²) in [5.74, 6) is -1.82. The number of benzene rings is 2. The van der Waals surface area contributed by atoms with Gasteiger partial charge in [0.05, 0.1) is 18.0 Å². The lowest BCUT2D eigenvalue weighted by Gasteiger charge is -2.03. The van der Waals surface area contributed by atoms with E-state index in [9.17, 15) is 30.0 Å². The largest absolute Gasteiger partial charge is 0.508 e. The summed E-state index contributed by atoms with van der Waals surface area (Å²) in [5, 5.41) is 45.7. The molecule has 1 heterocycles. The number of carbonyl (C=O) groups is 2. The van der Waals surface area contributed by atoms with E-state index in [0.717, 1.165) is 12.1 Å². The molecule has 170 valence electrons. The second kappa shape index (κ2) is 9.56. The van der Waals surface area contributed by atoms with E-state index in [1.165, 1.54) is 36.7 Å². The number of aryl methyl sites for hydroxylation is 1. The van der Waals surface area contributed by atoms with Crippen LogP contribution in [0.3, 0.4) is 0 Å². The zero-order chi connectivity index (χ0) is 24.1. The smallest absolute Gasteiger partial charge is 0.288 e. The van der Waals surface area contributed by atoms with Crippen LogP contribution in [0.5, 0.6) is 23.0 Å². The third-order valence-electron chi connectivity index (χ3n) is 4.66. The van der Waals surface area contributed by atoms with Crippen molar-refractivity contribution in [3.8, 4) is 23.0 Å². The molecule has 1 aromatic heterocycles. The van der Waals surface area contributed by atoms with E-state index in [2.05, 4.69) is 26.0 Å². The van der Waals surface area contributed by atoms with Gasteiger partial charge >= 0.3 is 0 Å². The molecule has 0 aliphatic rings. The highest BCUT2D eigenvalue weighted by atomic mass is 16.3. The maximum atomic E-state index is 12.6. The van der Waals surface area contributed by atoms with Crippen LogP contribution in [-0.4, -0.2) is 49.7 Å². The van der Waals surface area contributed by atoms with Gasteiger partial charge < -0.3 is 25.4 Å². The van der Waals surface area contributed by atoms with Crippen LogP contribution in [0.1, 0.15) is 43.2 Å². The number of phenols is 4. The SMILES string of the molecule is Cc1[nH]c(C(=O)N/N=C\c2ccc(O)cc2O)c(C)c1C(=O)N/N=C\c1ccc(O)cc1O. The summed E-state index contributed by atoms with van der Waals surface area (Å²) in [5.41, 5.74) is 6.32. The van der Waals surface area contributed by atoms with Gasteiger partial charge in [-0.15, -0.1) is 0 Å². The van der Waals surface area contributed by atoms with Crippen LogP contribution in [0.25, 0.3) is 0 Å². The lowest BCUT2D eigenvalue weighted by Crippen LogP contribution is -2.21. The molecule has 0 saturated carbocycles. The van der Waals surface area contributed by atoms with Gasteiger partial charge in [0.25, 0.3) is 11.8 Å². The fourth-order valence-electron chi connectivity index (χ4n) is 3.03. The number of aromatic nitrogens is 1. The van der Waals surface area contributed by atoms with Crippen LogP contribution in [-0.2, 0) is 0 Å². The Morgan fingerprint density at radius 2 is 1.30 bits per heavy atom. The van der Waals surface area contributed by atoms with Crippen LogP contribution in [0, 0.1) is 13.8 Å². The van der Waals surface area contributed by atoms with Gasteiger partial charge in [-0.25, -0.2) is 10.9 Å². The topological polar surface area (TPSA) is 180 Å². The minimum atomic E-state index is -0.610. The van der Waals surface area contributed by atoms with E-state index in [4.69, 9.17) is 0 Å². The molecule has 0 aliphatic carbocycles. The molecule has 7 N–H and O–H groups in total. The predicted octanol–water partition coefficient (Wildman–Crippen LogP) is 1.98. The van der Waals surface area contributed by atoms with Gasteiger partial charge in [-0.2, -0.15) is 10.2 Å². The van der Waals surface area contributed by atoms with Crippen molar-refractivity contribution in [1.82, 2.24) is 15.8 Å². The number of carbonyl (C=O) groups excluding carboxylic acids is 2. The average Bonchev–Trinajstić information content (AvgIpc) is 3.05. The number of hydrogen-bond acceptors (Lipinski definition) is 8. The molecule has 0 fully saturated rings. The molecule has 0 atom stereocenters. The van der Waals surface area contributed by atoms with Crippen LogP contribution in [0.15, 0.2) is 46.6 Å². The Morgan fingerprint density at radius 1 is 0.818 bits per heavy atom. The average molecular weight is 451 g/mol. The van der Waals surface area contributed by atoms with E-state index in [1.807, 2.05) is 0 Å². The van der Waals surface area contributed by atoms with Crippen LogP contribution in [0.4, 0.5) is 0 Å². The van der Waals surface area contributed by atoms with Gasteiger partial charge in [-0.1, -0.05) is 0 Å². The Hall–Kier alpha value is -4.80. The molecule has 0 bridgehead atoms. The molecule has 33 heavy (non-hydrogen) atoms. The Kier molecular flexibility index (Phi) is 6.63. The summed E-state index contributed by atoms with van der Waals surface area (Å²) in [6, 6.07) is 7.84. The van der Waals surface area contributed by atoms with E-state index in [1.54, 1.807) is 13.8 Å². The van der Waals surface area contributed by atoms with Crippen LogP contribution < -0.4 is 10.9 Å². The van der Waals surface area contributed by atoms with Gasteiger partial charge in [0.15, 0.2) is 0 Å². The lowest BCUT2D eigenvalue weighted by molar-refractivity contribution is 0.0948. The van der Waals surface area contributed by atoms with Crippen molar-refractivity contribution >= 4 is 24.2 Å². The Balaban J connectivity index is 1.69. The minimum Gasteiger partial charge on any atom is -0.508 e. The zero-order valence-corrected chi connectivity index (χ0v) is 17.6. The third kappa shape index (κ3) is 5.28. The number of nitrogens with one attached hydrogen (secondary N) is 3. The lowest BCUT2D eigenvalue weighted by atomic mass is 10.1. The number of amides is 2. The summed E-state index contributed by atoms with van der Waals surface area (Å²) in [6.07, 6.45) is 2.42. The van der Waals surface area contributed by atoms with Crippen molar-refractivity contribution in [2.24, 2.45) is 10.2 Å². The summed E-state index contributed by atoms with van der Waals surface area (Å²) in [6.45, 7) is 3.20. The summed E-state index contributed by atoms with van der Waals surface area (Å²) < 4.78 is 0. The molecule has 0 aliphatic heterocycles. The summed E-state index contributed by atoms with van der Waals surface area (Å²) in [7, 11) is 0. The van der Waals surface area contributed by atoms with Gasteiger partial charge in [0.2, 0.25) is 0 Å². The molecule has 3 aromatic rings. The van der Waals surface area contributed by atoms with Gasteiger partial charge in [0, 0.05) is 29.0 Å². The van der Waals surface area contributed by atoms with E-state index < -0.39 is 11.8 Å². The number of hydrazone groups is 2. The number of aromatic amines is 1. The highest BCUT2D eigenvalue weighted by molar-refractivity contribution is 6.03. The molecule has 3 rings (SSSR count). The first-order chi connectivity index (χ1) is 15.7. The van der Waals surface area contributed by atoms with Crippen molar-refractivity contribution in [2.45, 2.75) is 13.8 Å². The quantitative estimate of drug-likeness (QED) is 0.222. The second-order valence-corrected chi connectivity index (χ2v) is 7.01. The number of H-pyrrole nitrogens is 1. The molecule has 0 spiro atoms. The molecule has 2 amide bonds. The highest BCUT2D eigenvalue weighted by Crippen LogP contribution is 2.22. The van der Waals surface area contributed by atoms with Crippen LogP contribution in [0.2, 0.25) is 0 Å². The number of rotatable bonds is 6. The Bertz CT molecular complexity index is 1280. The summed E-state index contributed by atoms with van der Waals surface area (Å²) in [4.78, 5) is 27.9. The first-order valence-electron chi connectivity index (χ1n) is 9.57. The molecular formula is C22H21N5O6. The number of nitrogens with zero attached hydrogens (tertiary/aromatic N) is 2. The molecular weight excluding hydrogens is 430 g/mol. The molecule has 11 heteroatoms. The minimum absolute atomic E-state index is 0.109. The molecule has 0 radical (unpaired) electrons. The van der Waals surface area contributed by atoms with Crippen molar-refractivity contribution in [2.75, 3.05) is 0 Å². The molecule has 2 aromatic carbocycles. The van der Waals surface area contributed by atoms with Gasteiger partial charge in [-0.05, 0) is 43.7 Å². The van der Waals surface area contributed by atoms with E-state index in [-0.39, 0.29) is 45.4 Å². The number of phenolic OH excluding ortho intramolecular Hbond substituents is 4. The third-order valence-corrected chi connectivity index (χ3v) is 4.66. The van der Waals surface area contributed by atoms with Gasteiger partial charge in [0.1, 0.15) is 28.7 Å². The highest BCUT2D eigenvalue weighted by Gasteiger charge is 2.21. The number of hydrogen-bond donors (Lipinski definition) is 7. The Morgan fingerprint density at radius 3 is 1.79 bits per heavy atom. The van der Waals surface area contributed by atoms with E-state index in [0.29, 0.717) is 11.3 Å². The maximum Gasteiger partial charge on any atom is 0.288 e. The van der Waals surface area contributed by atoms with Crippen LogP contribution >= 0.6 is 0 Å². The van der Waals surface area contributed by atoms with Crippen molar-refractivity contribution < 1.29 is 30.0 Å². The molecule has 0 saturated heterocycles. The predicted molar refractivity (Wildman–Crippen MR) is 120 cm³/mol. The number of aromatic hydroxyl groups is 4. The zero-order valence-electron chi connectivity index (χ0n) is 17.6. The summed E-state index contributed by atoms with van der Waals surface area (Å²) >= 11 is 0. The van der Waals surface area contributed by atoms with Crippen molar-refractivity contribution in [3.05, 3.63) is 70.0 Å². The maximum absolute atomic E-state index is 12.6. The fourth-order valence-corrected chi connectivity index (χ4v) is 3.03. The first kappa shape index (κ1) is 22.9. The fraction of sp³-hybridized carbons (Fsp3) is 0.0909. The second-order valence-electron chi connectivity index (χ2n) is 7.01. The van der Waals surface area contributed by atoms with Gasteiger partial charge in [-0.3, -0.25) is 9.59 Å².